The molecule has 0 heterocycles. The molecule has 0 radical (unpaired) electrons. The van der Waals surface area contributed by atoms with Gasteiger partial charge in [0.05, 0.1) is 27.7 Å². The highest BCUT2D eigenvalue weighted by atomic mass is 31.2. The summed E-state index contributed by atoms with van der Waals surface area (Å²) in [5.74, 6) is -0.819. The number of hydrogen-bond donors (Lipinski definition) is 1. The molecule has 0 amide bonds. The fraction of sp³-hybridized carbons (Fsp3) is 0.724. The van der Waals surface area contributed by atoms with Gasteiger partial charge in [-0.1, -0.05) is 202 Å². The number of allylic oxidation sites excluding steroid dienone is 14. The second-order valence-corrected chi connectivity index (χ2v) is 20.7. The summed E-state index contributed by atoms with van der Waals surface area (Å²) in [5.41, 5.74) is 0. The van der Waals surface area contributed by atoms with Crippen LogP contribution in [-0.2, 0) is 32.7 Å². The van der Waals surface area contributed by atoms with E-state index >= 15 is 0 Å². The Kier molecular flexibility index (Phi) is 47.2. The van der Waals surface area contributed by atoms with Crippen LogP contribution in [-0.4, -0.2) is 74.9 Å². The van der Waals surface area contributed by atoms with Gasteiger partial charge in [0, 0.05) is 12.8 Å². The number of nitrogens with zero attached hydrogens (tertiary/aromatic N) is 1. The maximum Gasteiger partial charge on any atom is 0.472 e. The lowest BCUT2D eigenvalue weighted by Gasteiger charge is -2.24. The number of phosphoric acid groups is 1. The Morgan fingerprint density at radius 1 is 0.471 bits per heavy atom. The molecular weight excluding hydrogens is 870 g/mol. The predicted molar refractivity (Wildman–Crippen MR) is 289 cm³/mol. The van der Waals surface area contributed by atoms with Crippen LogP contribution in [0.15, 0.2) is 85.1 Å². The van der Waals surface area contributed by atoms with Gasteiger partial charge in [0.25, 0.3) is 0 Å². The molecule has 10 heteroatoms. The standard InChI is InChI=1S/C58H102NO8P/c1-6-8-10-12-14-16-18-20-22-24-26-27-28-29-30-31-33-35-37-39-41-43-45-47-49-51-58(61)67-56(55-66-68(62,63)65-53-52-59(3,4)5)54-64-57(60)50-48-46-44-42-40-38-36-34-32-25-23-21-19-17-15-13-11-9-7-2/h8,10,14,16,20-23,26-27,29-30,33,35,56H,6-7,9,11-13,15,17-19,24-25,28,31-32,34,36-55H2,1-5H3/p+1/b10-8-,16-14-,22-20-,23-21-,27-26-,30-29-,35-33-. The molecule has 0 spiro atoms. The average Bonchev–Trinajstić information content (AvgIpc) is 3.30. The molecule has 0 aromatic rings. The summed E-state index contributed by atoms with van der Waals surface area (Å²) < 4.78 is 34.5. The number of unbranched alkanes of at least 4 members (excludes halogenated alkanes) is 21. The minimum absolute atomic E-state index is 0.0243. The van der Waals surface area contributed by atoms with Gasteiger partial charge in [0.1, 0.15) is 19.8 Å². The van der Waals surface area contributed by atoms with Crippen LogP contribution in [0.2, 0.25) is 0 Å². The first kappa shape index (κ1) is 65.2. The van der Waals surface area contributed by atoms with Gasteiger partial charge in [-0.05, 0) is 89.9 Å². The van der Waals surface area contributed by atoms with Gasteiger partial charge in [-0.15, -0.1) is 0 Å². The number of rotatable bonds is 49. The number of quaternary nitrogens is 1. The predicted octanol–water partition coefficient (Wildman–Crippen LogP) is 16.7. The van der Waals surface area contributed by atoms with Crippen molar-refractivity contribution in [3.63, 3.8) is 0 Å². The van der Waals surface area contributed by atoms with E-state index in [1.807, 2.05) is 21.1 Å². The lowest BCUT2D eigenvalue weighted by molar-refractivity contribution is -0.870. The molecule has 392 valence electrons. The van der Waals surface area contributed by atoms with Crippen LogP contribution in [0.1, 0.15) is 219 Å². The Balaban J connectivity index is 4.27. The smallest absolute Gasteiger partial charge is 0.462 e. The van der Waals surface area contributed by atoms with Gasteiger partial charge >= 0.3 is 19.8 Å². The number of hydrogen-bond acceptors (Lipinski definition) is 7. The zero-order chi connectivity index (χ0) is 49.9. The van der Waals surface area contributed by atoms with Crippen molar-refractivity contribution in [2.75, 3.05) is 47.5 Å². The van der Waals surface area contributed by atoms with E-state index in [4.69, 9.17) is 18.5 Å². The number of carbonyl (C=O) groups excluding carboxylic acids is 2. The lowest BCUT2D eigenvalue weighted by Crippen LogP contribution is -2.37. The zero-order valence-electron chi connectivity index (χ0n) is 44.3. The van der Waals surface area contributed by atoms with Crippen molar-refractivity contribution in [2.45, 2.75) is 225 Å². The monoisotopic (exact) mass is 973 g/mol. The number of carbonyl (C=O) groups is 2. The van der Waals surface area contributed by atoms with E-state index in [1.165, 1.54) is 89.9 Å². The highest BCUT2D eigenvalue weighted by Gasteiger charge is 2.27. The summed E-state index contributed by atoms with van der Waals surface area (Å²) in [4.78, 5) is 35.6. The van der Waals surface area contributed by atoms with Gasteiger partial charge in [0.2, 0.25) is 0 Å². The van der Waals surface area contributed by atoms with Gasteiger partial charge in [-0.2, -0.15) is 0 Å². The van der Waals surface area contributed by atoms with E-state index < -0.39 is 26.5 Å². The van der Waals surface area contributed by atoms with Crippen LogP contribution in [0, 0.1) is 0 Å². The average molecular weight is 973 g/mol. The van der Waals surface area contributed by atoms with Crippen molar-refractivity contribution >= 4 is 19.8 Å². The van der Waals surface area contributed by atoms with Crippen molar-refractivity contribution in [3.05, 3.63) is 85.1 Å². The number of ether oxygens (including phenoxy) is 2. The maximum atomic E-state index is 12.8. The Morgan fingerprint density at radius 2 is 0.838 bits per heavy atom. The highest BCUT2D eigenvalue weighted by Crippen LogP contribution is 2.43. The molecule has 1 N–H and O–H groups in total. The van der Waals surface area contributed by atoms with Crippen molar-refractivity contribution in [1.82, 2.24) is 0 Å². The Bertz CT molecular complexity index is 1420. The van der Waals surface area contributed by atoms with E-state index in [1.54, 1.807) is 0 Å². The van der Waals surface area contributed by atoms with Crippen molar-refractivity contribution in [1.29, 1.82) is 0 Å². The highest BCUT2D eigenvalue weighted by molar-refractivity contribution is 7.47. The molecule has 2 unspecified atom stereocenters. The quantitative estimate of drug-likeness (QED) is 0.0211. The molecule has 2 atom stereocenters. The molecule has 68 heavy (non-hydrogen) atoms. The Hall–Kier alpha value is -2.81. The first-order chi connectivity index (χ1) is 33.0. The first-order valence-electron chi connectivity index (χ1n) is 27.3. The lowest BCUT2D eigenvalue weighted by atomic mass is 10.1. The first-order valence-corrected chi connectivity index (χ1v) is 28.8. The summed E-state index contributed by atoms with van der Waals surface area (Å²) in [6.45, 7) is 4.30. The van der Waals surface area contributed by atoms with Gasteiger partial charge in [0.15, 0.2) is 6.10 Å². The van der Waals surface area contributed by atoms with Crippen LogP contribution in [0.5, 0.6) is 0 Å². The van der Waals surface area contributed by atoms with Gasteiger partial charge < -0.3 is 18.9 Å². The molecule has 0 aliphatic carbocycles. The Labute approximate surface area is 418 Å². The molecule has 0 bridgehead atoms. The molecule has 0 aromatic heterocycles. The van der Waals surface area contributed by atoms with Crippen LogP contribution in [0.25, 0.3) is 0 Å². The van der Waals surface area contributed by atoms with Crippen molar-refractivity contribution in [2.24, 2.45) is 0 Å². The van der Waals surface area contributed by atoms with Crippen LogP contribution < -0.4 is 0 Å². The molecule has 0 fully saturated rings. The fourth-order valence-electron chi connectivity index (χ4n) is 7.19. The third-order valence-electron chi connectivity index (χ3n) is 11.4. The fourth-order valence-corrected chi connectivity index (χ4v) is 7.93. The molecule has 9 nitrogen and oxygen atoms in total. The van der Waals surface area contributed by atoms with Gasteiger partial charge in [-0.3, -0.25) is 18.6 Å². The maximum absolute atomic E-state index is 12.8. The van der Waals surface area contributed by atoms with E-state index in [2.05, 4.69) is 98.9 Å². The molecular formula is C58H103NO8P+. The Morgan fingerprint density at radius 3 is 1.26 bits per heavy atom. The van der Waals surface area contributed by atoms with E-state index in [0.29, 0.717) is 17.4 Å². The second kappa shape index (κ2) is 49.2. The third kappa shape index (κ3) is 52.6. The summed E-state index contributed by atoms with van der Waals surface area (Å²) >= 11 is 0. The van der Waals surface area contributed by atoms with Crippen LogP contribution in [0.3, 0.4) is 0 Å². The third-order valence-corrected chi connectivity index (χ3v) is 12.4. The van der Waals surface area contributed by atoms with Crippen LogP contribution >= 0.6 is 7.82 Å². The molecule has 0 aromatic carbocycles. The van der Waals surface area contributed by atoms with Crippen LogP contribution in [0.4, 0.5) is 0 Å². The summed E-state index contributed by atoms with van der Waals surface area (Å²) in [6, 6.07) is 0. The molecule has 0 saturated heterocycles. The number of likely N-dealkylation sites (N-methyl/N-ethyl adjacent to an activating group) is 1. The van der Waals surface area contributed by atoms with Gasteiger partial charge in [-0.25, -0.2) is 4.57 Å². The minimum atomic E-state index is -4.39. The summed E-state index contributed by atoms with van der Waals surface area (Å²) in [6.07, 6.45) is 64.9. The molecule has 0 aliphatic heterocycles. The summed E-state index contributed by atoms with van der Waals surface area (Å²) in [5, 5.41) is 0. The second-order valence-electron chi connectivity index (χ2n) is 19.2. The number of phosphoric ester groups is 1. The zero-order valence-corrected chi connectivity index (χ0v) is 45.2. The number of esters is 2. The topological polar surface area (TPSA) is 108 Å². The van der Waals surface area contributed by atoms with Crippen molar-refractivity contribution < 1.29 is 42.1 Å². The molecule has 0 saturated carbocycles. The molecule has 0 rings (SSSR count). The summed E-state index contributed by atoms with van der Waals surface area (Å²) in [7, 11) is 1.46. The van der Waals surface area contributed by atoms with E-state index in [9.17, 15) is 19.0 Å². The van der Waals surface area contributed by atoms with E-state index in [-0.39, 0.29) is 32.0 Å². The minimum Gasteiger partial charge on any atom is -0.462 e. The van der Waals surface area contributed by atoms with Crippen molar-refractivity contribution in [3.8, 4) is 0 Å². The normalized spacial score (nSPS) is 14.0. The largest absolute Gasteiger partial charge is 0.472 e. The molecule has 0 aliphatic rings. The SMILES string of the molecule is CC/C=C\C/C=C\C/C=C\C/C=C\C/C=C\C/C=C\CCCCCCCCC(=O)OC(COC(=O)CCCCCCCCCCC/C=C\CCCCCCCC)COP(=O)(O)OCC[N+](C)(C)C. The van der Waals surface area contributed by atoms with E-state index in [0.717, 1.165) is 96.3 Å².